The lowest BCUT2D eigenvalue weighted by Crippen LogP contribution is -2.36. The van der Waals surface area contributed by atoms with Crippen LogP contribution < -0.4 is 11.1 Å². The number of nitrogen functional groups attached to an aromatic ring is 1. The van der Waals surface area contributed by atoms with Gasteiger partial charge in [0.25, 0.3) is 5.91 Å². The van der Waals surface area contributed by atoms with E-state index in [0.29, 0.717) is 22.1 Å². The first kappa shape index (κ1) is 16.4. The van der Waals surface area contributed by atoms with Crippen molar-refractivity contribution in [3.8, 4) is 0 Å². The van der Waals surface area contributed by atoms with Crippen molar-refractivity contribution in [2.45, 2.75) is 32.7 Å². The molecular formula is C16H21ClN4O. The number of nitrogens with one attached hydrogen (secondary N) is 1. The van der Waals surface area contributed by atoms with Crippen LogP contribution in [0.3, 0.4) is 0 Å². The zero-order valence-electron chi connectivity index (χ0n) is 13.1. The average molecular weight is 321 g/mol. The highest BCUT2D eigenvalue weighted by atomic mass is 35.5. The molecular weight excluding hydrogens is 300 g/mol. The van der Waals surface area contributed by atoms with E-state index in [-0.39, 0.29) is 11.9 Å². The Morgan fingerprint density at radius 3 is 2.55 bits per heavy atom. The van der Waals surface area contributed by atoms with E-state index in [9.17, 15) is 4.79 Å². The highest BCUT2D eigenvalue weighted by Gasteiger charge is 2.20. The molecule has 0 fully saturated rings. The Labute approximate surface area is 135 Å². The van der Waals surface area contributed by atoms with E-state index in [1.807, 2.05) is 31.2 Å². The molecule has 1 aromatic carbocycles. The molecule has 0 saturated carbocycles. The van der Waals surface area contributed by atoms with Gasteiger partial charge in [0.05, 0.1) is 5.69 Å². The molecule has 0 spiro atoms. The number of hydrogen-bond donors (Lipinski definition) is 2. The predicted octanol–water partition coefficient (Wildman–Crippen LogP) is 2.72. The second-order valence-corrected chi connectivity index (χ2v) is 5.81. The van der Waals surface area contributed by atoms with Gasteiger partial charge in [-0.25, -0.2) is 0 Å². The molecule has 1 atom stereocenters. The number of aromatic nitrogens is 2. The van der Waals surface area contributed by atoms with Crippen molar-refractivity contribution >= 4 is 23.3 Å². The zero-order chi connectivity index (χ0) is 16.3. The van der Waals surface area contributed by atoms with E-state index in [1.165, 1.54) is 4.68 Å². The summed E-state index contributed by atoms with van der Waals surface area (Å²) < 4.78 is 1.52. The number of carbonyl (C=O) groups is 1. The Morgan fingerprint density at radius 2 is 2.05 bits per heavy atom. The van der Waals surface area contributed by atoms with E-state index < -0.39 is 0 Å². The number of rotatable bonds is 5. The van der Waals surface area contributed by atoms with Gasteiger partial charge in [-0.2, -0.15) is 5.10 Å². The first-order valence-electron chi connectivity index (χ1n) is 7.26. The first-order chi connectivity index (χ1) is 10.4. The number of nitrogens with zero attached hydrogens (tertiary/aromatic N) is 2. The first-order valence-corrected chi connectivity index (χ1v) is 7.64. The molecule has 0 bridgehead atoms. The number of nitrogens with two attached hydrogens (primary N) is 1. The van der Waals surface area contributed by atoms with Crippen LogP contribution in [-0.4, -0.2) is 21.7 Å². The summed E-state index contributed by atoms with van der Waals surface area (Å²) in [7, 11) is 1.73. The molecule has 0 saturated heterocycles. The van der Waals surface area contributed by atoms with Gasteiger partial charge in [0.2, 0.25) is 0 Å². The summed E-state index contributed by atoms with van der Waals surface area (Å²) in [5, 5.41) is 7.92. The number of halogens is 1. The molecule has 0 radical (unpaired) electrons. The molecule has 0 aliphatic rings. The summed E-state index contributed by atoms with van der Waals surface area (Å²) >= 11 is 5.89. The zero-order valence-corrected chi connectivity index (χ0v) is 13.8. The summed E-state index contributed by atoms with van der Waals surface area (Å²) in [5.41, 5.74) is 8.14. The number of aryl methyl sites for hydroxylation is 2. The summed E-state index contributed by atoms with van der Waals surface area (Å²) in [6.45, 7) is 3.83. The molecule has 0 aliphatic heterocycles. The number of benzene rings is 1. The Morgan fingerprint density at radius 1 is 1.41 bits per heavy atom. The number of amides is 1. The molecule has 118 valence electrons. The van der Waals surface area contributed by atoms with Gasteiger partial charge in [-0.1, -0.05) is 30.7 Å². The van der Waals surface area contributed by atoms with Crippen molar-refractivity contribution in [3.05, 3.63) is 46.1 Å². The van der Waals surface area contributed by atoms with Crippen LogP contribution in [0.5, 0.6) is 0 Å². The second kappa shape index (κ2) is 6.83. The van der Waals surface area contributed by atoms with Crippen LogP contribution in [0.4, 0.5) is 5.82 Å². The minimum Gasteiger partial charge on any atom is -0.383 e. The monoisotopic (exact) mass is 320 g/mol. The largest absolute Gasteiger partial charge is 0.383 e. The van der Waals surface area contributed by atoms with E-state index in [2.05, 4.69) is 10.4 Å². The predicted molar refractivity (Wildman–Crippen MR) is 89.1 cm³/mol. The minimum atomic E-state index is -0.177. The van der Waals surface area contributed by atoms with E-state index >= 15 is 0 Å². The molecule has 1 unspecified atom stereocenters. The molecule has 3 N–H and O–H groups in total. The van der Waals surface area contributed by atoms with Crippen LogP contribution >= 0.6 is 11.6 Å². The SMILES string of the molecule is CCC(Cc1ccc(Cl)cc1)NC(=O)c1c(C)nn(C)c1N. The van der Waals surface area contributed by atoms with Crippen molar-refractivity contribution < 1.29 is 4.79 Å². The van der Waals surface area contributed by atoms with Gasteiger partial charge in [0, 0.05) is 18.1 Å². The molecule has 2 rings (SSSR count). The van der Waals surface area contributed by atoms with Gasteiger partial charge < -0.3 is 11.1 Å². The maximum atomic E-state index is 12.4. The third kappa shape index (κ3) is 3.60. The highest BCUT2D eigenvalue weighted by Crippen LogP contribution is 2.16. The van der Waals surface area contributed by atoms with Gasteiger partial charge in [0.15, 0.2) is 0 Å². The molecule has 5 nitrogen and oxygen atoms in total. The Bertz CT molecular complexity index is 664. The quantitative estimate of drug-likeness (QED) is 0.889. The van der Waals surface area contributed by atoms with E-state index in [1.54, 1.807) is 14.0 Å². The lowest BCUT2D eigenvalue weighted by molar-refractivity contribution is 0.0936. The van der Waals surface area contributed by atoms with Crippen molar-refractivity contribution in [2.75, 3.05) is 5.73 Å². The Balaban J connectivity index is 2.09. The fraction of sp³-hybridized carbons (Fsp3) is 0.375. The van der Waals surface area contributed by atoms with Crippen LogP contribution in [-0.2, 0) is 13.5 Å². The molecule has 0 aliphatic carbocycles. The van der Waals surface area contributed by atoms with Gasteiger partial charge in [-0.05, 0) is 37.5 Å². The number of carbonyl (C=O) groups excluding carboxylic acids is 1. The minimum absolute atomic E-state index is 0.0349. The third-order valence-electron chi connectivity index (χ3n) is 3.72. The topological polar surface area (TPSA) is 72.9 Å². The Kier molecular flexibility index (Phi) is 5.08. The smallest absolute Gasteiger partial charge is 0.257 e. The van der Waals surface area contributed by atoms with Gasteiger partial charge >= 0.3 is 0 Å². The van der Waals surface area contributed by atoms with Crippen molar-refractivity contribution in [2.24, 2.45) is 7.05 Å². The Hall–Kier alpha value is -2.01. The summed E-state index contributed by atoms with van der Waals surface area (Å²) in [4.78, 5) is 12.4. The molecule has 1 amide bonds. The molecule has 1 heterocycles. The maximum absolute atomic E-state index is 12.4. The summed E-state index contributed by atoms with van der Waals surface area (Å²) in [5.74, 6) is 0.209. The van der Waals surface area contributed by atoms with Gasteiger partial charge in [0.1, 0.15) is 11.4 Å². The van der Waals surface area contributed by atoms with Gasteiger partial charge in [-0.15, -0.1) is 0 Å². The lowest BCUT2D eigenvalue weighted by atomic mass is 10.0. The maximum Gasteiger partial charge on any atom is 0.257 e. The summed E-state index contributed by atoms with van der Waals surface area (Å²) in [6.07, 6.45) is 1.58. The summed E-state index contributed by atoms with van der Waals surface area (Å²) in [6, 6.07) is 7.69. The standard InChI is InChI=1S/C16H21ClN4O/c1-4-13(9-11-5-7-12(17)8-6-11)19-16(22)14-10(2)20-21(3)15(14)18/h5-8,13H,4,9,18H2,1-3H3,(H,19,22). The van der Waals surface area contributed by atoms with Crippen molar-refractivity contribution in [3.63, 3.8) is 0 Å². The van der Waals surface area contributed by atoms with Crippen LogP contribution in [0.1, 0.15) is 35.0 Å². The fourth-order valence-electron chi connectivity index (χ4n) is 2.42. The van der Waals surface area contributed by atoms with E-state index in [4.69, 9.17) is 17.3 Å². The lowest BCUT2D eigenvalue weighted by Gasteiger charge is -2.17. The van der Waals surface area contributed by atoms with Gasteiger partial charge in [-0.3, -0.25) is 9.48 Å². The van der Waals surface area contributed by atoms with Crippen LogP contribution in [0.25, 0.3) is 0 Å². The molecule has 2 aromatic rings. The number of hydrogen-bond acceptors (Lipinski definition) is 3. The number of anilines is 1. The van der Waals surface area contributed by atoms with Crippen LogP contribution in [0.15, 0.2) is 24.3 Å². The molecule has 1 aromatic heterocycles. The van der Waals surface area contributed by atoms with Crippen molar-refractivity contribution in [1.29, 1.82) is 0 Å². The van der Waals surface area contributed by atoms with Crippen LogP contribution in [0.2, 0.25) is 5.02 Å². The van der Waals surface area contributed by atoms with E-state index in [0.717, 1.165) is 18.4 Å². The molecule has 22 heavy (non-hydrogen) atoms. The van der Waals surface area contributed by atoms with Crippen LogP contribution in [0, 0.1) is 6.92 Å². The third-order valence-corrected chi connectivity index (χ3v) is 3.97. The fourth-order valence-corrected chi connectivity index (χ4v) is 2.54. The average Bonchev–Trinajstić information content (AvgIpc) is 2.73. The highest BCUT2D eigenvalue weighted by molar-refractivity contribution is 6.30. The normalized spacial score (nSPS) is 12.2. The van der Waals surface area contributed by atoms with Crippen molar-refractivity contribution in [1.82, 2.24) is 15.1 Å². The molecule has 6 heteroatoms. The second-order valence-electron chi connectivity index (χ2n) is 5.38.